The summed E-state index contributed by atoms with van der Waals surface area (Å²) < 4.78 is 23.9. The SMILES string of the molecule is CC(=O)Nc1oc(-c2cc(Cl)ccc2F)c(O)c1OC(C)=O. The van der Waals surface area contributed by atoms with Gasteiger partial charge in [0.15, 0.2) is 5.76 Å². The van der Waals surface area contributed by atoms with E-state index in [1.54, 1.807) is 0 Å². The van der Waals surface area contributed by atoms with Gasteiger partial charge >= 0.3 is 5.97 Å². The van der Waals surface area contributed by atoms with Crippen molar-refractivity contribution in [1.82, 2.24) is 0 Å². The highest BCUT2D eigenvalue weighted by molar-refractivity contribution is 6.30. The number of rotatable bonds is 3. The topological polar surface area (TPSA) is 88.8 Å². The lowest BCUT2D eigenvalue weighted by Crippen LogP contribution is -2.08. The molecule has 0 unspecified atom stereocenters. The lowest BCUT2D eigenvalue weighted by atomic mass is 10.1. The smallest absolute Gasteiger partial charge is 0.308 e. The number of amides is 1. The molecule has 1 aromatic heterocycles. The van der Waals surface area contributed by atoms with Crippen LogP contribution < -0.4 is 10.1 Å². The van der Waals surface area contributed by atoms with Gasteiger partial charge in [0.1, 0.15) is 5.82 Å². The van der Waals surface area contributed by atoms with E-state index < -0.39 is 29.2 Å². The van der Waals surface area contributed by atoms with Crippen LogP contribution in [0, 0.1) is 5.82 Å². The largest absolute Gasteiger partial charge is 0.502 e. The van der Waals surface area contributed by atoms with Gasteiger partial charge in [-0.3, -0.25) is 14.9 Å². The molecule has 0 aliphatic heterocycles. The zero-order valence-corrected chi connectivity index (χ0v) is 12.3. The van der Waals surface area contributed by atoms with Crippen LogP contribution in [0.2, 0.25) is 5.02 Å². The first-order valence-corrected chi connectivity index (χ1v) is 6.44. The molecule has 8 heteroatoms. The monoisotopic (exact) mass is 327 g/mol. The molecule has 2 N–H and O–H groups in total. The summed E-state index contributed by atoms with van der Waals surface area (Å²) in [6.45, 7) is 2.29. The van der Waals surface area contributed by atoms with E-state index in [4.69, 9.17) is 20.8 Å². The summed E-state index contributed by atoms with van der Waals surface area (Å²) in [6, 6.07) is 3.63. The molecule has 6 nitrogen and oxygen atoms in total. The molecule has 0 aliphatic carbocycles. The van der Waals surface area contributed by atoms with Gasteiger partial charge in [0.25, 0.3) is 0 Å². The maximum atomic E-state index is 13.9. The summed E-state index contributed by atoms with van der Waals surface area (Å²) in [5.41, 5.74) is -0.144. The second-order valence-electron chi connectivity index (χ2n) is 4.34. The van der Waals surface area contributed by atoms with Crippen molar-refractivity contribution in [3.63, 3.8) is 0 Å². The Balaban J connectivity index is 2.61. The zero-order chi connectivity index (χ0) is 16.4. The number of furan rings is 1. The molecule has 0 bridgehead atoms. The molecule has 0 aliphatic rings. The number of hydrogen-bond donors (Lipinski definition) is 2. The number of halogens is 2. The molecule has 22 heavy (non-hydrogen) atoms. The molecule has 2 rings (SSSR count). The summed E-state index contributed by atoms with van der Waals surface area (Å²) >= 11 is 5.79. The van der Waals surface area contributed by atoms with E-state index in [1.165, 1.54) is 19.1 Å². The summed E-state index contributed by atoms with van der Waals surface area (Å²) in [4.78, 5) is 22.2. The molecule has 0 radical (unpaired) electrons. The minimum Gasteiger partial charge on any atom is -0.502 e. The number of anilines is 1. The first kappa shape index (κ1) is 15.8. The van der Waals surface area contributed by atoms with Crippen molar-refractivity contribution in [3.8, 4) is 22.8 Å². The predicted molar refractivity (Wildman–Crippen MR) is 76.4 cm³/mol. The molecule has 0 saturated carbocycles. The number of nitrogens with one attached hydrogen (secondary N) is 1. The summed E-state index contributed by atoms with van der Waals surface area (Å²) in [5, 5.41) is 12.6. The van der Waals surface area contributed by atoms with Crippen LogP contribution in [0.25, 0.3) is 11.3 Å². The number of aromatic hydroxyl groups is 1. The summed E-state index contributed by atoms with van der Waals surface area (Å²) in [5.74, 6) is -3.65. The van der Waals surface area contributed by atoms with E-state index in [0.717, 1.165) is 13.0 Å². The van der Waals surface area contributed by atoms with E-state index >= 15 is 0 Å². The normalized spacial score (nSPS) is 10.4. The minimum atomic E-state index is -0.749. The Morgan fingerprint density at radius 1 is 1.36 bits per heavy atom. The van der Waals surface area contributed by atoms with Crippen molar-refractivity contribution < 1.29 is 28.2 Å². The van der Waals surface area contributed by atoms with Gasteiger partial charge in [0.05, 0.1) is 5.56 Å². The van der Waals surface area contributed by atoms with Gasteiger partial charge in [-0.2, -0.15) is 0 Å². The standard InChI is InChI=1S/C14H11ClFNO5/c1-6(18)17-14-13(21-7(2)19)11(20)12(22-14)9-5-8(15)3-4-10(9)16/h3-5,20H,1-2H3,(H,17,18). The average molecular weight is 328 g/mol. The number of esters is 1. The quantitative estimate of drug-likeness (QED) is 0.844. The average Bonchev–Trinajstić information content (AvgIpc) is 2.69. The summed E-state index contributed by atoms with van der Waals surface area (Å²) in [7, 11) is 0. The Bertz CT molecular complexity index is 756. The van der Waals surface area contributed by atoms with Gasteiger partial charge in [-0.25, -0.2) is 4.39 Å². The number of carbonyl (C=O) groups is 2. The van der Waals surface area contributed by atoms with Crippen molar-refractivity contribution in [1.29, 1.82) is 0 Å². The van der Waals surface area contributed by atoms with Gasteiger partial charge in [0, 0.05) is 18.9 Å². The fourth-order valence-corrected chi connectivity index (χ4v) is 1.91. The highest BCUT2D eigenvalue weighted by Gasteiger charge is 2.26. The molecule has 0 fully saturated rings. The zero-order valence-electron chi connectivity index (χ0n) is 11.6. The molecule has 116 valence electrons. The lowest BCUT2D eigenvalue weighted by Gasteiger charge is -2.01. The van der Waals surface area contributed by atoms with Crippen molar-refractivity contribution in [2.75, 3.05) is 5.32 Å². The van der Waals surface area contributed by atoms with Crippen molar-refractivity contribution in [2.45, 2.75) is 13.8 Å². The molecule has 0 spiro atoms. The Morgan fingerprint density at radius 2 is 2.05 bits per heavy atom. The third-order valence-corrected chi connectivity index (χ3v) is 2.78. The highest BCUT2D eigenvalue weighted by Crippen LogP contribution is 2.47. The van der Waals surface area contributed by atoms with Crippen LogP contribution >= 0.6 is 11.6 Å². The Kier molecular flexibility index (Phi) is 4.37. The number of hydrogen-bond acceptors (Lipinski definition) is 5. The molecule has 1 amide bonds. The van der Waals surface area contributed by atoms with Crippen LogP contribution in [-0.4, -0.2) is 17.0 Å². The van der Waals surface area contributed by atoms with E-state index in [2.05, 4.69) is 5.32 Å². The van der Waals surface area contributed by atoms with Crippen molar-refractivity contribution in [2.24, 2.45) is 0 Å². The molecule has 2 aromatic rings. The molecular formula is C14H11ClFNO5. The van der Waals surface area contributed by atoms with Crippen LogP contribution in [0.4, 0.5) is 10.3 Å². The first-order chi connectivity index (χ1) is 10.3. The lowest BCUT2D eigenvalue weighted by molar-refractivity contribution is -0.132. The molecular weight excluding hydrogens is 317 g/mol. The molecule has 0 saturated heterocycles. The van der Waals surface area contributed by atoms with Gasteiger partial charge in [0.2, 0.25) is 23.3 Å². The maximum absolute atomic E-state index is 13.9. The predicted octanol–water partition coefficient (Wildman–Crippen LogP) is 3.33. The fraction of sp³-hybridized carbons (Fsp3) is 0.143. The van der Waals surface area contributed by atoms with Crippen LogP contribution in [0.1, 0.15) is 13.8 Å². The molecule has 1 aromatic carbocycles. The Morgan fingerprint density at radius 3 is 2.64 bits per heavy atom. The van der Waals surface area contributed by atoms with Crippen molar-refractivity contribution in [3.05, 3.63) is 29.0 Å². The van der Waals surface area contributed by atoms with Crippen LogP contribution in [-0.2, 0) is 9.59 Å². The second-order valence-corrected chi connectivity index (χ2v) is 4.77. The minimum absolute atomic E-state index is 0.144. The highest BCUT2D eigenvalue weighted by atomic mass is 35.5. The van der Waals surface area contributed by atoms with Crippen LogP contribution in [0.15, 0.2) is 22.6 Å². The number of benzene rings is 1. The fourth-order valence-electron chi connectivity index (χ4n) is 1.74. The van der Waals surface area contributed by atoms with Crippen molar-refractivity contribution >= 4 is 29.4 Å². The molecule has 1 heterocycles. The number of ether oxygens (including phenoxy) is 1. The molecule has 0 atom stereocenters. The maximum Gasteiger partial charge on any atom is 0.308 e. The Labute approximate surface area is 129 Å². The van der Waals surface area contributed by atoms with Gasteiger partial charge in [-0.05, 0) is 18.2 Å². The van der Waals surface area contributed by atoms with E-state index in [1.807, 2.05) is 0 Å². The van der Waals surface area contributed by atoms with E-state index in [-0.39, 0.29) is 22.2 Å². The van der Waals surface area contributed by atoms with Crippen LogP contribution in [0.5, 0.6) is 11.5 Å². The third kappa shape index (κ3) is 3.20. The van der Waals surface area contributed by atoms with Crippen LogP contribution in [0.3, 0.4) is 0 Å². The number of carbonyl (C=O) groups excluding carboxylic acids is 2. The Hall–Kier alpha value is -2.54. The second kappa shape index (κ2) is 6.07. The van der Waals surface area contributed by atoms with Gasteiger partial charge in [-0.15, -0.1) is 0 Å². The van der Waals surface area contributed by atoms with E-state index in [9.17, 15) is 19.1 Å². The van der Waals surface area contributed by atoms with E-state index in [0.29, 0.717) is 0 Å². The van der Waals surface area contributed by atoms with Gasteiger partial charge in [-0.1, -0.05) is 11.6 Å². The third-order valence-electron chi connectivity index (χ3n) is 2.55. The first-order valence-electron chi connectivity index (χ1n) is 6.06. The summed E-state index contributed by atoms with van der Waals surface area (Å²) in [6.07, 6.45) is 0. The van der Waals surface area contributed by atoms with Gasteiger partial charge < -0.3 is 14.3 Å².